The minimum Gasteiger partial charge on any atom is -0.324 e. The second-order valence-corrected chi connectivity index (χ2v) is 8.82. The molecule has 0 radical (unpaired) electrons. The smallest absolute Gasteiger partial charge is 0.275 e. The summed E-state index contributed by atoms with van der Waals surface area (Å²) in [7, 11) is -3.76. The molecule has 1 amide bonds. The molecule has 0 bridgehead atoms. The first-order valence-electron chi connectivity index (χ1n) is 9.78. The molecule has 0 spiro atoms. The van der Waals surface area contributed by atoms with E-state index >= 15 is 0 Å². The van der Waals surface area contributed by atoms with Gasteiger partial charge in [-0.3, -0.25) is 14.3 Å². The number of fused-ring (bicyclic) bond motifs is 1. The van der Waals surface area contributed by atoms with E-state index in [0.29, 0.717) is 22.5 Å². The second-order valence-electron chi connectivity index (χ2n) is 7.14. The first kappa shape index (κ1) is 21.3. The highest BCUT2D eigenvalue weighted by atomic mass is 32.2. The summed E-state index contributed by atoms with van der Waals surface area (Å²) >= 11 is 0. The van der Waals surface area contributed by atoms with E-state index < -0.39 is 15.9 Å². The fourth-order valence-electron chi connectivity index (χ4n) is 3.32. The number of rotatable bonds is 6. The molecule has 0 fully saturated rings. The van der Waals surface area contributed by atoms with Crippen LogP contribution < -0.4 is 15.6 Å². The van der Waals surface area contributed by atoms with Crippen LogP contribution in [0.5, 0.6) is 0 Å². The molecule has 0 unspecified atom stereocenters. The van der Waals surface area contributed by atoms with Gasteiger partial charge in [-0.2, -0.15) is 5.10 Å². The number of hydrogen-bond donors (Lipinski definition) is 2. The lowest BCUT2D eigenvalue weighted by molar-refractivity contribution is -0.117. The Hall–Kier alpha value is -3.98. The molecule has 2 N–H and O–H groups in total. The van der Waals surface area contributed by atoms with Crippen molar-refractivity contribution in [2.75, 3.05) is 10.0 Å². The number of anilines is 2. The number of aromatic nitrogens is 2. The summed E-state index contributed by atoms with van der Waals surface area (Å²) in [6.07, 6.45) is 0. The third kappa shape index (κ3) is 4.52. The van der Waals surface area contributed by atoms with Gasteiger partial charge >= 0.3 is 0 Å². The van der Waals surface area contributed by atoms with E-state index in [1.807, 2.05) is 12.1 Å². The molecule has 8 nitrogen and oxygen atoms in total. The molecule has 0 aliphatic carbocycles. The zero-order chi connectivity index (χ0) is 22.7. The van der Waals surface area contributed by atoms with Gasteiger partial charge in [0.05, 0.1) is 21.7 Å². The van der Waals surface area contributed by atoms with E-state index in [1.165, 1.54) is 18.2 Å². The van der Waals surface area contributed by atoms with Crippen molar-refractivity contribution in [2.45, 2.75) is 18.4 Å². The van der Waals surface area contributed by atoms with Crippen LogP contribution in [0.4, 0.5) is 11.4 Å². The Kier molecular flexibility index (Phi) is 5.74. The zero-order valence-corrected chi connectivity index (χ0v) is 18.0. The monoisotopic (exact) mass is 448 g/mol. The fourth-order valence-corrected chi connectivity index (χ4v) is 4.39. The van der Waals surface area contributed by atoms with Gasteiger partial charge in [-0.05, 0) is 43.3 Å². The number of sulfonamides is 1. The Morgan fingerprint density at radius 2 is 1.56 bits per heavy atom. The van der Waals surface area contributed by atoms with Gasteiger partial charge in [-0.15, -0.1) is 0 Å². The summed E-state index contributed by atoms with van der Waals surface area (Å²) in [5.74, 6) is -0.461. The van der Waals surface area contributed by atoms with E-state index in [1.54, 1.807) is 55.5 Å². The van der Waals surface area contributed by atoms with Crippen molar-refractivity contribution in [1.29, 1.82) is 0 Å². The zero-order valence-electron chi connectivity index (χ0n) is 17.1. The van der Waals surface area contributed by atoms with E-state index in [0.717, 1.165) is 10.1 Å². The summed E-state index contributed by atoms with van der Waals surface area (Å²) in [6.45, 7) is 1.50. The van der Waals surface area contributed by atoms with Crippen LogP contribution in [0.1, 0.15) is 5.69 Å². The highest BCUT2D eigenvalue weighted by Crippen LogP contribution is 2.19. The van der Waals surface area contributed by atoms with Crippen LogP contribution in [-0.4, -0.2) is 24.1 Å². The molecule has 4 aromatic rings. The van der Waals surface area contributed by atoms with Crippen LogP contribution in [0.15, 0.2) is 88.6 Å². The van der Waals surface area contributed by atoms with Gasteiger partial charge in [0.1, 0.15) is 6.54 Å². The molecule has 32 heavy (non-hydrogen) atoms. The lowest BCUT2D eigenvalue weighted by atomic mass is 10.1. The van der Waals surface area contributed by atoms with Crippen LogP contribution in [0.25, 0.3) is 10.8 Å². The summed E-state index contributed by atoms with van der Waals surface area (Å²) in [5.41, 5.74) is 0.966. The molecular formula is C23H20N4O4S. The van der Waals surface area contributed by atoms with Gasteiger partial charge in [-0.25, -0.2) is 13.1 Å². The predicted molar refractivity (Wildman–Crippen MR) is 123 cm³/mol. The molecule has 4 rings (SSSR count). The van der Waals surface area contributed by atoms with E-state index in [9.17, 15) is 18.0 Å². The Morgan fingerprint density at radius 3 is 2.31 bits per heavy atom. The molecule has 9 heteroatoms. The van der Waals surface area contributed by atoms with Crippen molar-refractivity contribution >= 4 is 38.1 Å². The van der Waals surface area contributed by atoms with Crippen molar-refractivity contribution in [2.24, 2.45) is 0 Å². The van der Waals surface area contributed by atoms with Gasteiger partial charge in [0.25, 0.3) is 15.6 Å². The van der Waals surface area contributed by atoms with Crippen molar-refractivity contribution in [3.8, 4) is 0 Å². The largest absolute Gasteiger partial charge is 0.324 e. The van der Waals surface area contributed by atoms with Gasteiger partial charge in [0.2, 0.25) is 5.91 Å². The average Bonchev–Trinajstić information content (AvgIpc) is 2.78. The number of nitrogens with one attached hydrogen (secondary N) is 2. The molecule has 0 saturated carbocycles. The van der Waals surface area contributed by atoms with Gasteiger partial charge in [-0.1, -0.05) is 42.5 Å². The van der Waals surface area contributed by atoms with Crippen molar-refractivity contribution in [3.63, 3.8) is 0 Å². The SMILES string of the molecule is Cc1nn(CC(=O)Nc2cccc(NS(=O)(=O)c3ccccc3)c2)c(=O)c2ccccc12. The quantitative estimate of drug-likeness (QED) is 0.471. The van der Waals surface area contributed by atoms with E-state index in [4.69, 9.17) is 0 Å². The standard InChI is InChI=1S/C23H20N4O4S/c1-16-20-12-5-6-13-21(20)23(29)27(25-16)15-22(28)24-17-8-7-9-18(14-17)26-32(30,31)19-10-3-2-4-11-19/h2-14,26H,15H2,1H3,(H,24,28). The molecule has 0 aliphatic heterocycles. The lowest BCUT2D eigenvalue weighted by Gasteiger charge is -2.11. The van der Waals surface area contributed by atoms with E-state index in [2.05, 4.69) is 15.1 Å². The molecule has 0 atom stereocenters. The Morgan fingerprint density at radius 1 is 0.906 bits per heavy atom. The number of aryl methyl sites for hydroxylation is 1. The summed E-state index contributed by atoms with van der Waals surface area (Å²) in [4.78, 5) is 25.3. The van der Waals surface area contributed by atoms with Crippen molar-refractivity contribution in [1.82, 2.24) is 9.78 Å². The molecule has 1 heterocycles. The molecule has 3 aromatic carbocycles. The Bertz CT molecular complexity index is 1460. The van der Waals surface area contributed by atoms with Crippen LogP contribution in [0.2, 0.25) is 0 Å². The lowest BCUT2D eigenvalue weighted by Crippen LogP contribution is -2.30. The number of amides is 1. The number of nitrogens with zero attached hydrogens (tertiary/aromatic N) is 2. The van der Waals surface area contributed by atoms with Crippen LogP contribution in [0, 0.1) is 6.92 Å². The minimum atomic E-state index is -3.76. The third-order valence-electron chi connectivity index (χ3n) is 4.80. The summed E-state index contributed by atoms with van der Waals surface area (Å²) in [6, 6.07) is 21.4. The summed E-state index contributed by atoms with van der Waals surface area (Å²) < 4.78 is 28.6. The van der Waals surface area contributed by atoms with E-state index in [-0.39, 0.29) is 17.0 Å². The molecule has 0 aliphatic rings. The van der Waals surface area contributed by atoms with Crippen LogP contribution in [0.3, 0.4) is 0 Å². The van der Waals surface area contributed by atoms with Gasteiger partial charge in [0.15, 0.2) is 0 Å². The Balaban J connectivity index is 1.51. The fraction of sp³-hybridized carbons (Fsp3) is 0.0870. The maximum absolute atomic E-state index is 12.7. The maximum atomic E-state index is 12.7. The topological polar surface area (TPSA) is 110 Å². The number of carbonyl (C=O) groups excluding carboxylic acids is 1. The van der Waals surface area contributed by atoms with Crippen molar-refractivity contribution in [3.05, 3.63) is 94.9 Å². The first-order chi connectivity index (χ1) is 15.3. The molecular weight excluding hydrogens is 428 g/mol. The third-order valence-corrected chi connectivity index (χ3v) is 6.20. The second kappa shape index (κ2) is 8.64. The normalized spacial score (nSPS) is 11.3. The highest BCUT2D eigenvalue weighted by Gasteiger charge is 2.14. The maximum Gasteiger partial charge on any atom is 0.275 e. The molecule has 0 saturated heterocycles. The first-order valence-corrected chi connectivity index (χ1v) is 11.3. The van der Waals surface area contributed by atoms with Crippen LogP contribution in [-0.2, 0) is 21.4 Å². The molecule has 162 valence electrons. The molecule has 1 aromatic heterocycles. The minimum absolute atomic E-state index is 0.131. The van der Waals surface area contributed by atoms with Gasteiger partial charge < -0.3 is 5.32 Å². The number of benzene rings is 3. The van der Waals surface area contributed by atoms with Crippen LogP contribution >= 0.6 is 0 Å². The Labute approximate surface area is 184 Å². The van der Waals surface area contributed by atoms with Crippen molar-refractivity contribution < 1.29 is 13.2 Å². The average molecular weight is 449 g/mol. The number of carbonyl (C=O) groups is 1. The summed E-state index contributed by atoms with van der Waals surface area (Å²) in [5, 5.41) is 8.15. The number of hydrogen-bond acceptors (Lipinski definition) is 5. The predicted octanol–water partition coefficient (Wildman–Crippen LogP) is 3.14. The van der Waals surface area contributed by atoms with Gasteiger partial charge in [0, 0.05) is 11.1 Å². The highest BCUT2D eigenvalue weighted by molar-refractivity contribution is 7.92.